The fourth-order valence-electron chi connectivity index (χ4n) is 2.46. The second kappa shape index (κ2) is 6.78. The first kappa shape index (κ1) is 14.2. The molecule has 1 fully saturated rings. The highest BCUT2D eigenvalue weighted by molar-refractivity contribution is 5.49. The summed E-state index contributed by atoms with van der Waals surface area (Å²) in [6, 6.07) is 8.91. The van der Waals surface area contributed by atoms with Crippen molar-refractivity contribution in [3.8, 4) is 5.75 Å². The maximum atomic E-state index is 5.20. The van der Waals surface area contributed by atoms with Gasteiger partial charge in [-0.3, -0.25) is 4.90 Å². The summed E-state index contributed by atoms with van der Waals surface area (Å²) in [5.74, 6) is 0.922. The van der Waals surface area contributed by atoms with Crippen LogP contribution in [0.25, 0.3) is 0 Å². The first-order valence-electron chi connectivity index (χ1n) is 7.01. The fourth-order valence-corrected chi connectivity index (χ4v) is 2.46. The normalized spacial score (nSPS) is 18.4. The number of ether oxygens (including phenoxy) is 1. The van der Waals surface area contributed by atoms with Gasteiger partial charge in [-0.15, -0.1) is 0 Å². The number of nitrogens with zero attached hydrogens (tertiary/aromatic N) is 2. The maximum absolute atomic E-state index is 5.20. The van der Waals surface area contributed by atoms with Crippen LogP contribution in [0.15, 0.2) is 24.3 Å². The number of methoxy groups -OCH3 is 1. The first-order valence-corrected chi connectivity index (χ1v) is 7.01. The highest BCUT2D eigenvalue weighted by atomic mass is 16.5. The average Bonchev–Trinajstić information content (AvgIpc) is 2.48. The molecule has 1 N–H and O–H groups in total. The van der Waals surface area contributed by atoms with Crippen LogP contribution in [0.2, 0.25) is 0 Å². The van der Waals surface area contributed by atoms with E-state index in [0.717, 1.165) is 38.5 Å². The van der Waals surface area contributed by atoms with Gasteiger partial charge in [-0.25, -0.2) is 0 Å². The van der Waals surface area contributed by atoms with E-state index in [4.69, 9.17) is 4.74 Å². The molecule has 2 rings (SSSR count). The standard InChI is InChI=1S/C15H25N3O/c1-13(16-2)12-17-8-10-18(11-9-17)14-4-6-15(19-3)7-5-14/h4-7,13,16H,8-12H2,1-3H3. The van der Waals surface area contributed by atoms with Gasteiger partial charge < -0.3 is 15.0 Å². The summed E-state index contributed by atoms with van der Waals surface area (Å²) in [4.78, 5) is 4.97. The van der Waals surface area contributed by atoms with Crippen LogP contribution in [0.1, 0.15) is 6.92 Å². The van der Waals surface area contributed by atoms with Crippen LogP contribution in [-0.4, -0.2) is 57.8 Å². The van der Waals surface area contributed by atoms with Gasteiger partial charge in [0, 0.05) is 44.5 Å². The fraction of sp³-hybridized carbons (Fsp3) is 0.600. The highest BCUT2D eigenvalue weighted by Gasteiger charge is 2.18. The molecular weight excluding hydrogens is 238 g/mol. The second-order valence-electron chi connectivity index (χ2n) is 5.18. The Labute approximate surface area is 116 Å². The third kappa shape index (κ3) is 3.85. The number of piperazine rings is 1. The molecule has 0 spiro atoms. The van der Waals surface area contributed by atoms with Crippen molar-refractivity contribution in [3.05, 3.63) is 24.3 Å². The van der Waals surface area contributed by atoms with E-state index in [1.807, 2.05) is 19.2 Å². The Bertz CT molecular complexity index is 371. The Morgan fingerprint density at radius 3 is 2.32 bits per heavy atom. The van der Waals surface area contributed by atoms with Crippen LogP contribution in [0.3, 0.4) is 0 Å². The van der Waals surface area contributed by atoms with E-state index >= 15 is 0 Å². The van der Waals surface area contributed by atoms with E-state index in [9.17, 15) is 0 Å². The van der Waals surface area contributed by atoms with Crippen molar-refractivity contribution in [3.63, 3.8) is 0 Å². The van der Waals surface area contributed by atoms with Gasteiger partial charge in [-0.05, 0) is 38.2 Å². The van der Waals surface area contributed by atoms with Gasteiger partial charge in [0.25, 0.3) is 0 Å². The molecule has 1 heterocycles. The predicted molar refractivity (Wildman–Crippen MR) is 80.2 cm³/mol. The van der Waals surface area contributed by atoms with Crippen molar-refractivity contribution < 1.29 is 4.74 Å². The number of hydrogen-bond acceptors (Lipinski definition) is 4. The van der Waals surface area contributed by atoms with Gasteiger partial charge >= 0.3 is 0 Å². The van der Waals surface area contributed by atoms with E-state index in [1.54, 1.807) is 7.11 Å². The molecule has 0 aliphatic carbocycles. The molecule has 1 atom stereocenters. The Kier molecular flexibility index (Phi) is 5.05. The molecular formula is C15H25N3O. The molecule has 1 unspecified atom stereocenters. The summed E-state index contributed by atoms with van der Waals surface area (Å²) in [6.45, 7) is 7.84. The quantitative estimate of drug-likeness (QED) is 0.869. The Hall–Kier alpha value is -1.26. The second-order valence-corrected chi connectivity index (χ2v) is 5.18. The van der Waals surface area contributed by atoms with Crippen molar-refractivity contribution >= 4 is 5.69 Å². The third-order valence-electron chi connectivity index (χ3n) is 3.83. The summed E-state index contributed by atoms with van der Waals surface area (Å²) in [7, 11) is 3.73. The monoisotopic (exact) mass is 263 g/mol. The largest absolute Gasteiger partial charge is 0.497 e. The minimum atomic E-state index is 0.563. The van der Waals surface area contributed by atoms with Crippen molar-refractivity contribution in [2.24, 2.45) is 0 Å². The molecule has 0 saturated carbocycles. The minimum Gasteiger partial charge on any atom is -0.497 e. The van der Waals surface area contributed by atoms with Gasteiger partial charge in [-0.1, -0.05) is 0 Å². The van der Waals surface area contributed by atoms with Crippen LogP contribution in [0.5, 0.6) is 5.75 Å². The van der Waals surface area contributed by atoms with E-state index in [2.05, 4.69) is 34.2 Å². The summed E-state index contributed by atoms with van der Waals surface area (Å²) >= 11 is 0. The SMILES string of the molecule is CNC(C)CN1CCN(c2ccc(OC)cc2)CC1. The van der Waals surface area contributed by atoms with Crippen LogP contribution in [0.4, 0.5) is 5.69 Å². The first-order chi connectivity index (χ1) is 9.22. The van der Waals surface area contributed by atoms with Crippen LogP contribution >= 0.6 is 0 Å². The number of nitrogens with one attached hydrogen (secondary N) is 1. The van der Waals surface area contributed by atoms with Crippen molar-refractivity contribution in [2.75, 3.05) is 51.8 Å². The van der Waals surface area contributed by atoms with Gasteiger partial charge in [0.05, 0.1) is 7.11 Å². The molecule has 4 heteroatoms. The molecule has 19 heavy (non-hydrogen) atoms. The Balaban J connectivity index is 1.85. The van der Waals surface area contributed by atoms with Gasteiger partial charge in [-0.2, -0.15) is 0 Å². The zero-order chi connectivity index (χ0) is 13.7. The summed E-state index contributed by atoms with van der Waals surface area (Å²) in [5.41, 5.74) is 1.29. The van der Waals surface area contributed by atoms with Gasteiger partial charge in [0.15, 0.2) is 0 Å². The lowest BCUT2D eigenvalue weighted by molar-refractivity contribution is 0.237. The number of hydrogen-bond donors (Lipinski definition) is 1. The Morgan fingerprint density at radius 1 is 1.16 bits per heavy atom. The number of benzene rings is 1. The van der Waals surface area contributed by atoms with E-state index in [-0.39, 0.29) is 0 Å². The minimum absolute atomic E-state index is 0.563. The average molecular weight is 263 g/mol. The van der Waals surface area contributed by atoms with Crippen molar-refractivity contribution in [2.45, 2.75) is 13.0 Å². The molecule has 1 aliphatic heterocycles. The van der Waals surface area contributed by atoms with E-state index in [0.29, 0.717) is 6.04 Å². The lowest BCUT2D eigenvalue weighted by Crippen LogP contribution is -2.49. The molecule has 1 saturated heterocycles. The molecule has 0 radical (unpaired) electrons. The van der Waals surface area contributed by atoms with Crippen molar-refractivity contribution in [1.82, 2.24) is 10.2 Å². The molecule has 0 aromatic heterocycles. The van der Waals surface area contributed by atoms with Gasteiger partial charge in [0.2, 0.25) is 0 Å². The van der Waals surface area contributed by atoms with Crippen molar-refractivity contribution in [1.29, 1.82) is 0 Å². The summed E-state index contributed by atoms with van der Waals surface area (Å²) in [5, 5.41) is 3.30. The Morgan fingerprint density at radius 2 is 1.79 bits per heavy atom. The van der Waals surface area contributed by atoms with E-state index in [1.165, 1.54) is 5.69 Å². The number of likely N-dealkylation sites (N-methyl/N-ethyl adjacent to an activating group) is 1. The highest BCUT2D eigenvalue weighted by Crippen LogP contribution is 2.20. The zero-order valence-electron chi connectivity index (χ0n) is 12.2. The predicted octanol–water partition coefficient (Wildman–Crippen LogP) is 1.43. The van der Waals surface area contributed by atoms with E-state index < -0.39 is 0 Å². The summed E-state index contributed by atoms with van der Waals surface area (Å²) in [6.07, 6.45) is 0. The number of rotatable bonds is 5. The van der Waals surface area contributed by atoms with Crippen LogP contribution in [-0.2, 0) is 0 Å². The molecule has 0 bridgehead atoms. The van der Waals surface area contributed by atoms with Gasteiger partial charge in [0.1, 0.15) is 5.75 Å². The molecule has 4 nitrogen and oxygen atoms in total. The third-order valence-corrected chi connectivity index (χ3v) is 3.83. The molecule has 1 aromatic carbocycles. The summed E-state index contributed by atoms with van der Waals surface area (Å²) < 4.78 is 5.20. The molecule has 106 valence electrons. The molecule has 0 amide bonds. The zero-order valence-corrected chi connectivity index (χ0v) is 12.2. The molecule has 1 aromatic rings. The maximum Gasteiger partial charge on any atom is 0.119 e. The number of anilines is 1. The van der Waals surface area contributed by atoms with Crippen LogP contribution in [0, 0.1) is 0 Å². The van der Waals surface area contributed by atoms with Crippen LogP contribution < -0.4 is 15.0 Å². The molecule has 1 aliphatic rings. The topological polar surface area (TPSA) is 27.7 Å². The smallest absolute Gasteiger partial charge is 0.119 e. The lowest BCUT2D eigenvalue weighted by atomic mass is 10.2. The lowest BCUT2D eigenvalue weighted by Gasteiger charge is -2.37.